The highest BCUT2D eigenvalue weighted by molar-refractivity contribution is 7.07. The predicted molar refractivity (Wildman–Crippen MR) is 61.3 cm³/mol. The van der Waals surface area contributed by atoms with E-state index in [1.54, 1.807) is 10.9 Å². The fourth-order valence-corrected chi connectivity index (χ4v) is 2.00. The van der Waals surface area contributed by atoms with E-state index in [-0.39, 0.29) is 5.78 Å². The van der Waals surface area contributed by atoms with Crippen LogP contribution in [0.25, 0.3) is 0 Å². The number of nitrogens with zero attached hydrogens (tertiary/aromatic N) is 1. The lowest BCUT2D eigenvalue weighted by Crippen LogP contribution is -2.03. The van der Waals surface area contributed by atoms with Gasteiger partial charge in [0.1, 0.15) is 5.69 Å². The Hall–Kier alpha value is -1.48. The molecule has 76 valence electrons. The van der Waals surface area contributed by atoms with Crippen LogP contribution in [-0.2, 0) is 6.42 Å². The first-order valence-corrected chi connectivity index (χ1v) is 5.67. The third-order valence-electron chi connectivity index (χ3n) is 2.17. The minimum atomic E-state index is 0.0850. The lowest BCUT2D eigenvalue weighted by Gasteiger charge is -1.99. The summed E-state index contributed by atoms with van der Waals surface area (Å²) in [4.78, 5) is 15.7. The molecule has 1 aromatic carbocycles. The van der Waals surface area contributed by atoms with Crippen LogP contribution in [0, 0.1) is 6.92 Å². The number of carbonyl (C=O) groups is 1. The van der Waals surface area contributed by atoms with Crippen LogP contribution >= 0.6 is 11.3 Å². The van der Waals surface area contributed by atoms with Gasteiger partial charge in [0.15, 0.2) is 5.78 Å². The van der Waals surface area contributed by atoms with E-state index in [1.807, 2.05) is 31.2 Å². The molecule has 0 unspecified atom stereocenters. The van der Waals surface area contributed by atoms with Crippen LogP contribution in [0.3, 0.4) is 0 Å². The Balaban J connectivity index is 2.13. The molecule has 0 aliphatic rings. The van der Waals surface area contributed by atoms with Gasteiger partial charge in [0, 0.05) is 11.8 Å². The van der Waals surface area contributed by atoms with Gasteiger partial charge >= 0.3 is 0 Å². The van der Waals surface area contributed by atoms with Crippen molar-refractivity contribution in [3.05, 3.63) is 52.0 Å². The van der Waals surface area contributed by atoms with Crippen LogP contribution in [-0.4, -0.2) is 10.8 Å². The summed E-state index contributed by atoms with van der Waals surface area (Å²) in [5.41, 5.74) is 4.48. The van der Waals surface area contributed by atoms with E-state index in [4.69, 9.17) is 0 Å². The van der Waals surface area contributed by atoms with E-state index in [9.17, 15) is 4.79 Å². The number of carbonyl (C=O) groups excluding carboxylic acids is 1. The Morgan fingerprint density at radius 1 is 1.47 bits per heavy atom. The number of thiazole rings is 1. The number of ketones is 1. The number of hydrogen-bond donors (Lipinski definition) is 0. The minimum absolute atomic E-state index is 0.0850. The molecule has 0 radical (unpaired) electrons. The Morgan fingerprint density at radius 3 is 3.00 bits per heavy atom. The Morgan fingerprint density at radius 2 is 2.33 bits per heavy atom. The molecule has 0 atom stereocenters. The molecule has 2 aromatic rings. The number of aromatic nitrogens is 1. The summed E-state index contributed by atoms with van der Waals surface area (Å²) in [6.07, 6.45) is 0.436. The molecule has 0 aliphatic heterocycles. The van der Waals surface area contributed by atoms with Gasteiger partial charge in [-0.1, -0.05) is 29.8 Å². The number of aryl methyl sites for hydroxylation is 1. The van der Waals surface area contributed by atoms with Crippen LogP contribution in [0.2, 0.25) is 0 Å². The molecule has 2 rings (SSSR count). The van der Waals surface area contributed by atoms with Crippen LogP contribution in [0.1, 0.15) is 21.6 Å². The molecule has 0 aliphatic carbocycles. The molecule has 15 heavy (non-hydrogen) atoms. The molecule has 0 amide bonds. The minimum Gasteiger partial charge on any atom is -0.292 e. The Bertz CT molecular complexity index is 462. The first-order valence-electron chi connectivity index (χ1n) is 4.72. The van der Waals surface area contributed by atoms with Gasteiger partial charge in [-0.15, -0.1) is 11.3 Å². The highest BCUT2D eigenvalue weighted by atomic mass is 32.1. The van der Waals surface area contributed by atoms with Crippen LogP contribution < -0.4 is 0 Å². The Kier molecular flexibility index (Phi) is 2.92. The van der Waals surface area contributed by atoms with Gasteiger partial charge < -0.3 is 0 Å². The quantitative estimate of drug-likeness (QED) is 0.740. The molecular formula is C12H11NOS. The maximum Gasteiger partial charge on any atom is 0.186 e. The summed E-state index contributed by atoms with van der Waals surface area (Å²) in [6, 6.07) is 8.00. The number of hydrogen-bond acceptors (Lipinski definition) is 3. The summed E-state index contributed by atoms with van der Waals surface area (Å²) in [5.74, 6) is 0.0850. The lowest BCUT2D eigenvalue weighted by atomic mass is 10.1. The van der Waals surface area contributed by atoms with Gasteiger partial charge in [0.2, 0.25) is 0 Å². The maximum atomic E-state index is 11.7. The molecular weight excluding hydrogens is 206 g/mol. The van der Waals surface area contributed by atoms with Crippen LogP contribution in [0.5, 0.6) is 0 Å². The average Bonchev–Trinajstić information content (AvgIpc) is 2.70. The van der Waals surface area contributed by atoms with E-state index in [0.717, 1.165) is 5.56 Å². The van der Waals surface area contributed by atoms with Crippen LogP contribution in [0.4, 0.5) is 0 Å². The van der Waals surface area contributed by atoms with E-state index >= 15 is 0 Å². The standard InChI is InChI=1S/C12H11NOS/c1-9-3-2-4-10(5-9)6-12(14)11-7-15-8-13-11/h2-5,7-8H,6H2,1H3. The molecule has 1 heterocycles. The summed E-state index contributed by atoms with van der Waals surface area (Å²) >= 11 is 1.45. The number of Topliss-reactive ketones (excluding diaryl/α,β-unsaturated/α-hetero) is 1. The third-order valence-corrected chi connectivity index (χ3v) is 2.75. The van der Waals surface area contributed by atoms with Crippen molar-refractivity contribution < 1.29 is 4.79 Å². The van der Waals surface area contributed by atoms with Gasteiger partial charge in [-0.05, 0) is 12.5 Å². The van der Waals surface area contributed by atoms with Gasteiger partial charge in [0.05, 0.1) is 5.51 Å². The monoisotopic (exact) mass is 217 g/mol. The number of benzene rings is 1. The largest absolute Gasteiger partial charge is 0.292 e. The van der Waals surface area contributed by atoms with Gasteiger partial charge in [-0.25, -0.2) is 4.98 Å². The molecule has 0 bridgehead atoms. The first-order chi connectivity index (χ1) is 7.25. The molecule has 1 aromatic heterocycles. The van der Waals surface area contributed by atoms with E-state index in [1.165, 1.54) is 16.9 Å². The van der Waals surface area contributed by atoms with Crippen molar-refractivity contribution in [2.24, 2.45) is 0 Å². The van der Waals surface area contributed by atoms with Gasteiger partial charge in [-0.3, -0.25) is 4.79 Å². The summed E-state index contributed by atoms with van der Waals surface area (Å²) in [5, 5.41) is 1.79. The molecule has 0 saturated heterocycles. The third kappa shape index (κ3) is 2.50. The average molecular weight is 217 g/mol. The Labute approximate surface area is 92.6 Å². The smallest absolute Gasteiger partial charge is 0.186 e. The second-order valence-electron chi connectivity index (χ2n) is 3.46. The summed E-state index contributed by atoms with van der Waals surface area (Å²) in [7, 11) is 0. The maximum absolute atomic E-state index is 11.7. The first kappa shape index (κ1) is 10.1. The van der Waals surface area contributed by atoms with Crippen LogP contribution in [0.15, 0.2) is 35.2 Å². The van der Waals surface area contributed by atoms with Crippen molar-refractivity contribution in [1.82, 2.24) is 4.98 Å². The fraction of sp³-hybridized carbons (Fsp3) is 0.167. The highest BCUT2D eigenvalue weighted by Crippen LogP contribution is 2.09. The van der Waals surface area contributed by atoms with Gasteiger partial charge in [0.25, 0.3) is 0 Å². The molecule has 0 fully saturated rings. The molecule has 3 heteroatoms. The fourth-order valence-electron chi connectivity index (χ4n) is 1.45. The number of rotatable bonds is 3. The lowest BCUT2D eigenvalue weighted by molar-refractivity contribution is 0.0989. The topological polar surface area (TPSA) is 30.0 Å². The van der Waals surface area contributed by atoms with Crippen molar-refractivity contribution in [3.63, 3.8) is 0 Å². The zero-order valence-electron chi connectivity index (χ0n) is 8.43. The summed E-state index contributed by atoms with van der Waals surface area (Å²) in [6.45, 7) is 2.02. The van der Waals surface area contributed by atoms with Crippen molar-refractivity contribution in [2.75, 3.05) is 0 Å². The predicted octanol–water partition coefficient (Wildman–Crippen LogP) is 2.88. The van der Waals surface area contributed by atoms with Crippen molar-refractivity contribution in [1.29, 1.82) is 0 Å². The van der Waals surface area contributed by atoms with E-state index in [2.05, 4.69) is 4.98 Å². The second kappa shape index (κ2) is 4.36. The normalized spacial score (nSPS) is 10.2. The SMILES string of the molecule is Cc1cccc(CC(=O)c2cscn2)c1. The summed E-state index contributed by atoms with van der Waals surface area (Å²) < 4.78 is 0. The van der Waals surface area contributed by atoms with Crippen molar-refractivity contribution >= 4 is 17.1 Å². The molecule has 0 saturated carbocycles. The van der Waals surface area contributed by atoms with E-state index < -0.39 is 0 Å². The van der Waals surface area contributed by atoms with Gasteiger partial charge in [-0.2, -0.15) is 0 Å². The van der Waals surface area contributed by atoms with Crippen molar-refractivity contribution in [2.45, 2.75) is 13.3 Å². The highest BCUT2D eigenvalue weighted by Gasteiger charge is 2.08. The van der Waals surface area contributed by atoms with E-state index in [0.29, 0.717) is 12.1 Å². The molecule has 0 spiro atoms. The zero-order chi connectivity index (χ0) is 10.7. The zero-order valence-corrected chi connectivity index (χ0v) is 9.25. The van der Waals surface area contributed by atoms with Crippen molar-refractivity contribution in [3.8, 4) is 0 Å². The second-order valence-corrected chi connectivity index (χ2v) is 4.18. The molecule has 0 N–H and O–H groups in total. The molecule has 2 nitrogen and oxygen atoms in total.